The summed E-state index contributed by atoms with van der Waals surface area (Å²) in [7, 11) is -5.79. The van der Waals surface area contributed by atoms with Gasteiger partial charge < -0.3 is 4.90 Å². The second-order valence-corrected chi connectivity index (χ2v) is 13.8. The Labute approximate surface area is 200 Å². The fraction of sp³-hybridized carbons (Fsp3) is 0.500. The Morgan fingerprint density at radius 3 is 2.62 bits per heavy atom. The summed E-state index contributed by atoms with van der Waals surface area (Å²) >= 11 is 0. The summed E-state index contributed by atoms with van der Waals surface area (Å²) in [6.45, 7) is 3.62. The monoisotopic (exact) mass is 503 g/mol. The summed E-state index contributed by atoms with van der Waals surface area (Å²) in [5, 5.41) is 0. The summed E-state index contributed by atoms with van der Waals surface area (Å²) in [5.74, 6) is 1.59. The largest absolute Gasteiger partial charge is 0.354 e. The predicted octanol–water partition coefficient (Wildman–Crippen LogP) is 2.17. The van der Waals surface area contributed by atoms with Crippen molar-refractivity contribution in [3.05, 3.63) is 36.8 Å². The average molecular weight is 504 g/mol. The van der Waals surface area contributed by atoms with Gasteiger partial charge in [-0.25, -0.2) is 32.5 Å². The van der Waals surface area contributed by atoms with Crippen LogP contribution in [0.5, 0.6) is 0 Å². The smallest absolute Gasteiger partial charge is 0.242 e. The number of imidazole rings is 1. The molecule has 0 radical (unpaired) electrons. The minimum absolute atomic E-state index is 0.0211. The molecule has 1 saturated carbocycles. The first-order valence-electron chi connectivity index (χ1n) is 11.3. The van der Waals surface area contributed by atoms with E-state index < -0.39 is 19.8 Å². The van der Waals surface area contributed by atoms with E-state index in [0.717, 1.165) is 31.6 Å². The number of fused-ring (bicyclic) bond motifs is 1. The lowest BCUT2D eigenvalue weighted by Gasteiger charge is -2.35. The fourth-order valence-electron chi connectivity index (χ4n) is 4.36. The van der Waals surface area contributed by atoms with E-state index in [0.29, 0.717) is 29.6 Å². The van der Waals surface area contributed by atoms with Crippen molar-refractivity contribution in [1.29, 1.82) is 0 Å². The fourth-order valence-corrected chi connectivity index (χ4v) is 6.54. The van der Waals surface area contributed by atoms with E-state index in [-0.39, 0.29) is 17.0 Å². The minimum Gasteiger partial charge on any atom is -0.354 e. The molecule has 5 rings (SSSR count). The standard InChI is InChI=1S/C22H29N7O3S2/c1-15-10-17(26-33(2,3)30)13-28(12-15)21-8-9-23-22(25-21)19-11-24-20-7-6-18(14-29(19)20)34(31,32)27-16-4-5-16/h6-9,11,14-17,27H,4-5,10,12-13H2,1-3H3/t15-,17+/m0/s1. The number of anilines is 1. The predicted molar refractivity (Wildman–Crippen MR) is 132 cm³/mol. The molecule has 1 saturated heterocycles. The molecule has 3 aromatic rings. The van der Waals surface area contributed by atoms with Gasteiger partial charge in [-0.3, -0.25) is 8.61 Å². The van der Waals surface area contributed by atoms with Crippen LogP contribution >= 0.6 is 0 Å². The Morgan fingerprint density at radius 1 is 1.09 bits per heavy atom. The Morgan fingerprint density at radius 2 is 1.88 bits per heavy atom. The third-order valence-electron chi connectivity index (χ3n) is 5.92. The van der Waals surface area contributed by atoms with Gasteiger partial charge in [-0.05, 0) is 43.4 Å². The van der Waals surface area contributed by atoms with Crippen LogP contribution in [0.25, 0.3) is 17.2 Å². The van der Waals surface area contributed by atoms with E-state index >= 15 is 0 Å². The first-order chi connectivity index (χ1) is 16.1. The first kappa shape index (κ1) is 23.2. The zero-order valence-corrected chi connectivity index (χ0v) is 21.1. The Hall–Kier alpha value is -2.57. The SMILES string of the molecule is C[C@H]1C[C@@H](N=S(C)(C)=O)CN(c2ccnc(-c3cnc4ccc(S(=O)(=O)NC5CC5)cn34)n2)C1. The lowest BCUT2D eigenvalue weighted by atomic mass is 9.97. The van der Waals surface area contributed by atoms with Crippen molar-refractivity contribution in [1.82, 2.24) is 24.1 Å². The summed E-state index contributed by atoms with van der Waals surface area (Å²) in [6.07, 6.45) is 10.9. The molecule has 0 spiro atoms. The lowest BCUT2D eigenvalue weighted by molar-refractivity contribution is 0.402. The van der Waals surface area contributed by atoms with E-state index in [4.69, 9.17) is 4.98 Å². The number of nitrogens with one attached hydrogen (secondary N) is 1. The van der Waals surface area contributed by atoms with Gasteiger partial charge in [-0.15, -0.1) is 0 Å². The van der Waals surface area contributed by atoms with Crippen molar-refractivity contribution in [3.8, 4) is 11.5 Å². The van der Waals surface area contributed by atoms with Crippen LogP contribution < -0.4 is 9.62 Å². The zero-order valence-electron chi connectivity index (χ0n) is 19.5. The van der Waals surface area contributed by atoms with Crippen LogP contribution in [0, 0.1) is 5.92 Å². The molecule has 2 aliphatic rings. The number of pyridine rings is 1. The van der Waals surface area contributed by atoms with Crippen molar-refractivity contribution >= 4 is 31.2 Å². The Kier molecular flexibility index (Phi) is 5.85. The van der Waals surface area contributed by atoms with E-state index in [1.54, 1.807) is 47.6 Å². The second kappa shape index (κ2) is 8.58. The maximum absolute atomic E-state index is 12.7. The van der Waals surface area contributed by atoms with Crippen molar-refractivity contribution in [2.45, 2.75) is 43.2 Å². The van der Waals surface area contributed by atoms with Crippen LogP contribution in [-0.2, 0) is 19.8 Å². The molecular formula is C22H29N7O3S2. The van der Waals surface area contributed by atoms with Crippen molar-refractivity contribution in [3.63, 3.8) is 0 Å². The highest BCUT2D eigenvalue weighted by Gasteiger charge is 2.29. The van der Waals surface area contributed by atoms with Gasteiger partial charge in [0.15, 0.2) is 5.82 Å². The molecular weight excluding hydrogens is 474 g/mol. The summed E-state index contributed by atoms with van der Waals surface area (Å²) in [5.41, 5.74) is 1.22. The van der Waals surface area contributed by atoms with Crippen LogP contribution in [0.3, 0.4) is 0 Å². The normalized spacial score (nSPS) is 21.7. The number of nitrogens with zero attached hydrogens (tertiary/aromatic N) is 6. The van der Waals surface area contributed by atoms with E-state index in [1.807, 2.05) is 6.07 Å². The molecule has 0 amide bonds. The number of hydrogen-bond donors (Lipinski definition) is 1. The number of rotatable bonds is 6. The molecule has 4 heterocycles. The highest BCUT2D eigenvalue weighted by Crippen LogP contribution is 2.27. The molecule has 10 nitrogen and oxygen atoms in total. The minimum atomic E-state index is -3.60. The van der Waals surface area contributed by atoms with Gasteiger partial charge in [-0.1, -0.05) is 6.92 Å². The van der Waals surface area contributed by atoms with Crippen molar-refractivity contribution in [2.24, 2.45) is 10.3 Å². The Balaban J connectivity index is 1.48. The second-order valence-electron chi connectivity index (χ2n) is 9.56. The molecule has 3 aromatic heterocycles. The van der Waals surface area contributed by atoms with Gasteiger partial charge in [-0.2, -0.15) is 0 Å². The quantitative estimate of drug-likeness (QED) is 0.547. The molecule has 2 fully saturated rings. The van der Waals surface area contributed by atoms with Gasteiger partial charge in [0.1, 0.15) is 17.2 Å². The maximum Gasteiger partial charge on any atom is 0.242 e. The molecule has 1 N–H and O–H groups in total. The van der Waals surface area contributed by atoms with Crippen molar-refractivity contribution < 1.29 is 12.6 Å². The van der Waals surface area contributed by atoms with Gasteiger partial charge in [0.25, 0.3) is 0 Å². The van der Waals surface area contributed by atoms with Gasteiger partial charge >= 0.3 is 0 Å². The first-order valence-corrected chi connectivity index (χ1v) is 15.1. The van der Waals surface area contributed by atoms with Crippen LogP contribution in [0.1, 0.15) is 26.2 Å². The molecule has 0 unspecified atom stereocenters. The topological polar surface area (TPSA) is 122 Å². The van der Waals surface area contributed by atoms with E-state index in [9.17, 15) is 12.6 Å². The molecule has 182 valence electrons. The molecule has 12 heteroatoms. The summed E-state index contributed by atoms with van der Waals surface area (Å²) in [6, 6.07) is 5.10. The molecule has 2 atom stereocenters. The van der Waals surface area contributed by atoms with Gasteiger partial charge in [0.2, 0.25) is 10.0 Å². The molecule has 1 aliphatic heterocycles. The van der Waals surface area contributed by atoms with Crippen molar-refractivity contribution in [2.75, 3.05) is 30.5 Å². The van der Waals surface area contributed by atoms with Crippen LogP contribution in [0.2, 0.25) is 0 Å². The van der Waals surface area contributed by atoms with E-state index in [2.05, 4.69) is 30.9 Å². The van der Waals surface area contributed by atoms with Gasteiger partial charge in [0.05, 0.1) is 17.1 Å². The molecule has 0 bridgehead atoms. The average Bonchev–Trinajstić information content (AvgIpc) is 3.45. The van der Waals surface area contributed by atoms with Crippen LogP contribution in [0.15, 0.2) is 46.0 Å². The number of piperidine rings is 1. The van der Waals surface area contributed by atoms with Crippen LogP contribution in [0.4, 0.5) is 5.82 Å². The molecule has 1 aliphatic carbocycles. The summed E-state index contributed by atoms with van der Waals surface area (Å²) in [4.78, 5) is 16.0. The van der Waals surface area contributed by atoms with Crippen LogP contribution in [-0.4, -0.2) is 69.7 Å². The van der Waals surface area contributed by atoms with E-state index in [1.165, 1.54) is 0 Å². The maximum atomic E-state index is 12.7. The highest BCUT2D eigenvalue weighted by atomic mass is 32.2. The Bertz CT molecular complexity index is 1450. The summed E-state index contributed by atoms with van der Waals surface area (Å²) < 4.78 is 46.6. The third kappa shape index (κ3) is 5.08. The zero-order chi connectivity index (χ0) is 24.1. The number of aromatic nitrogens is 4. The third-order valence-corrected chi connectivity index (χ3v) is 8.23. The van der Waals surface area contributed by atoms with Gasteiger partial charge in [0, 0.05) is 53.8 Å². The number of sulfonamides is 1. The highest BCUT2D eigenvalue weighted by molar-refractivity contribution is 7.92. The molecule has 34 heavy (non-hydrogen) atoms. The molecule has 0 aromatic carbocycles. The lowest BCUT2D eigenvalue weighted by Crippen LogP contribution is -2.42. The number of hydrogen-bond acceptors (Lipinski definition) is 8.